The zero-order chi connectivity index (χ0) is 17.8. The maximum atomic E-state index is 12.4. The fourth-order valence-corrected chi connectivity index (χ4v) is 2.38. The predicted molar refractivity (Wildman–Crippen MR) is 96.4 cm³/mol. The predicted octanol–water partition coefficient (Wildman–Crippen LogP) is 4.19. The summed E-state index contributed by atoms with van der Waals surface area (Å²) in [6.07, 6.45) is 4.51. The Morgan fingerprint density at radius 3 is 1.96 bits per heavy atom. The minimum Gasteiger partial charge on any atom is -0.490 e. The van der Waals surface area contributed by atoms with Crippen LogP contribution in [0.3, 0.4) is 0 Å². The molecule has 0 bridgehead atoms. The van der Waals surface area contributed by atoms with Gasteiger partial charge in [-0.15, -0.1) is 0 Å². The van der Waals surface area contributed by atoms with E-state index in [0.717, 1.165) is 12.8 Å². The molecule has 0 aliphatic heterocycles. The molecule has 0 heterocycles. The molecule has 0 aliphatic carbocycles. The molecule has 0 saturated carbocycles. The van der Waals surface area contributed by atoms with Crippen molar-refractivity contribution >= 4 is 5.91 Å². The van der Waals surface area contributed by atoms with Crippen molar-refractivity contribution in [3.05, 3.63) is 17.7 Å². The van der Waals surface area contributed by atoms with Crippen molar-refractivity contribution in [2.24, 2.45) is 0 Å². The normalized spacial score (nSPS) is 10.3. The molecule has 1 rings (SSSR count). The number of carbonyl (C=O) groups excluding carboxylic acids is 1. The monoisotopic (exact) mass is 337 g/mol. The second-order valence-electron chi connectivity index (χ2n) is 5.42. The molecule has 1 amide bonds. The molecule has 5 nitrogen and oxygen atoms in total. The first-order valence-corrected chi connectivity index (χ1v) is 9.02. The van der Waals surface area contributed by atoms with Crippen LogP contribution in [0.1, 0.15) is 63.7 Å². The second-order valence-corrected chi connectivity index (χ2v) is 5.42. The van der Waals surface area contributed by atoms with E-state index in [1.165, 1.54) is 12.8 Å². The third-order valence-electron chi connectivity index (χ3n) is 3.49. The minimum atomic E-state index is -0.114. The number of carbonyl (C=O) groups is 1. The summed E-state index contributed by atoms with van der Waals surface area (Å²) >= 11 is 0. The minimum absolute atomic E-state index is 0.114. The van der Waals surface area contributed by atoms with Gasteiger partial charge < -0.3 is 19.5 Å². The Morgan fingerprint density at radius 1 is 0.875 bits per heavy atom. The number of nitrogens with one attached hydrogen (secondary N) is 1. The Labute approximate surface area is 145 Å². The highest BCUT2D eigenvalue weighted by atomic mass is 16.5. The van der Waals surface area contributed by atoms with Crippen LogP contribution in [0.4, 0.5) is 0 Å². The standard InChI is InChI=1S/C19H31NO4/c1-5-9-10-11-12-20-19(21)15-13-16(22-6-2)18(24-8-4)17(14-15)23-7-3/h13-14H,5-12H2,1-4H3,(H,20,21). The molecule has 0 fully saturated rings. The van der Waals surface area contributed by atoms with Crippen LogP contribution in [0, 0.1) is 0 Å². The molecule has 0 saturated heterocycles. The fourth-order valence-electron chi connectivity index (χ4n) is 2.38. The number of ether oxygens (including phenoxy) is 3. The van der Waals surface area contributed by atoms with Crippen molar-refractivity contribution < 1.29 is 19.0 Å². The summed E-state index contributed by atoms with van der Waals surface area (Å²) in [6, 6.07) is 3.44. The summed E-state index contributed by atoms with van der Waals surface area (Å²) in [6.45, 7) is 10.0. The average Bonchev–Trinajstić information content (AvgIpc) is 2.57. The van der Waals surface area contributed by atoms with Gasteiger partial charge in [-0.3, -0.25) is 4.79 Å². The van der Waals surface area contributed by atoms with Gasteiger partial charge in [0.05, 0.1) is 19.8 Å². The SMILES string of the molecule is CCCCCCNC(=O)c1cc(OCC)c(OCC)c(OCC)c1. The second kappa shape index (κ2) is 11.6. The van der Waals surface area contributed by atoms with Crippen molar-refractivity contribution in [3.63, 3.8) is 0 Å². The summed E-state index contributed by atoms with van der Waals surface area (Å²) in [5, 5.41) is 2.96. The van der Waals surface area contributed by atoms with Crippen LogP contribution in [-0.4, -0.2) is 32.3 Å². The number of hydrogen-bond acceptors (Lipinski definition) is 4. The number of benzene rings is 1. The highest BCUT2D eigenvalue weighted by Gasteiger charge is 2.18. The van der Waals surface area contributed by atoms with Crippen LogP contribution in [0.5, 0.6) is 17.2 Å². The van der Waals surface area contributed by atoms with E-state index in [9.17, 15) is 4.79 Å². The first-order chi connectivity index (χ1) is 11.7. The number of unbranched alkanes of at least 4 members (excludes halogenated alkanes) is 3. The van der Waals surface area contributed by atoms with E-state index < -0.39 is 0 Å². The summed E-state index contributed by atoms with van der Waals surface area (Å²) in [4.78, 5) is 12.4. The van der Waals surface area contributed by atoms with Crippen LogP contribution in [0.2, 0.25) is 0 Å². The van der Waals surface area contributed by atoms with Crippen molar-refractivity contribution in [3.8, 4) is 17.2 Å². The van der Waals surface area contributed by atoms with Crippen molar-refractivity contribution in [2.75, 3.05) is 26.4 Å². The van der Waals surface area contributed by atoms with Gasteiger partial charge in [0.2, 0.25) is 5.75 Å². The van der Waals surface area contributed by atoms with E-state index in [1.54, 1.807) is 12.1 Å². The highest BCUT2D eigenvalue weighted by Crippen LogP contribution is 2.39. The van der Waals surface area contributed by atoms with E-state index in [2.05, 4.69) is 12.2 Å². The van der Waals surface area contributed by atoms with Gasteiger partial charge in [0.15, 0.2) is 11.5 Å². The van der Waals surface area contributed by atoms with Crippen molar-refractivity contribution in [1.29, 1.82) is 0 Å². The Morgan fingerprint density at radius 2 is 1.46 bits per heavy atom. The lowest BCUT2D eigenvalue weighted by atomic mass is 10.1. The number of hydrogen-bond donors (Lipinski definition) is 1. The molecule has 24 heavy (non-hydrogen) atoms. The van der Waals surface area contributed by atoms with Gasteiger partial charge in [0.1, 0.15) is 0 Å². The maximum absolute atomic E-state index is 12.4. The largest absolute Gasteiger partial charge is 0.490 e. The number of rotatable bonds is 12. The van der Waals surface area contributed by atoms with E-state index >= 15 is 0 Å². The van der Waals surface area contributed by atoms with Gasteiger partial charge in [0.25, 0.3) is 5.91 Å². The summed E-state index contributed by atoms with van der Waals surface area (Å²) in [5.41, 5.74) is 0.529. The van der Waals surface area contributed by atoms with E-state index in [-0.39, 0.29) is 5.91 Å². The van der Waals surface area contributed by atoms with E-state index in [4.69, 9.17) is 14.2 Å². The zero-order valence-electron chi connectivity index (χ0n) is 15.4. The van der Waals surface area contributed by atoms with Crippen LogP contribution in [-0.2, 0) is 0 Å². The molecule has 0 aliphatic rings. The van der Waals surface area contributed by atoms with Crippen molar-refractivity contribution in [2.45, 2.75) is 53.4 Å². The van der Waals surface area contributed by atoms with E-state index in [0.29, 0.717) is 49.2 Å². The average molecular weight is 337 g/mol. The smallest absolute Gasteiger partial charge is 0.251 e. The van der Waals surface area contributed by atoms with Crippen molar-refractivity contribution in [1.82, 2.24) is 5.32 Å². The Hall–Kier alpha value is -1.91. The third kappa shape index (κ3) is 6.30. The van der Waals surface area contributed by atoms with Gasteiger partial charge in [-0.1, -0.05) is 26.2 Å². The molecule has 136 valence electrons. The number of amides is 1. The Bertz CT molecular complexity index is 475. The molecule has 0 unspecified atom stereocenters. The van der Waals surface area contributed by atoms with Crippen LogP contribution >= 0.6 is 0 Å². The van der Waals surface area contributed by atoms with Gasteiger partial charge in [0, 0.05) is 12.1 Å². The van der Waals surface area contributed by atoms with Gasteiger partial charge in [-0.2, -0.15) is 0 Å². The first-order valence-electron chi connectivity index (χ1n) is 9.02. The molecule has 0 aromatic heterocycles. The van der Waals surface area contributed by atoms with Crippen LogP contribution in [0.15, 0.2) is 12.1 Å². The summed E-state index contributed by atoms with van der Waals surface area (Å²) < 4.78 is 16.9. The Kier molecular flexibility index (Phi) is 9.73. The topological polar surface area (TPSA) is 56.8 Å². The summed E-state index contributed by atoms with van der Waals surface area (Å²) in [5.74, 6) is 1.53. The first kappa shape index (κ1) is 20.1. The molecule has 0 spiro atoms. The summed E-state index contributed by atoms with van der Waals surface area (Å²) in [7, 11) is 0. The molecule has 1 aromatic carbocycles. The molecule has 5 heteroatoms. The quantitative estimate of drug-likeness (QED) is 0.581. The fraction of sp³-hybridized carbons (Fsp3) is 0.632. The lowest BCUT2D eigenvalue weighted by Crippen LogP contribution is -2.24. The molecule has 0 atom stereocenters. The molecule has 0 radical (unpaired) electrons. The van der Waals surface area contributed by atoms with E-state index in [1.807, 2.05) is 20.8 Å². The lowest BCUT2D eigenvalue weighted by Gasteiger charge is -2.17. The van der Waals surface area contributed by atoms with Crippen LogP contribution in [0.25, 0.3) is 0 Å². The van der Waals surface area contributed by atoms with Crippen LogP contribution < -0.4 is 19.5 Å². The Balaban J connectivity index is 2.90. The van der Waals surface area contributed by atoms with Gasteiger partial charge in [-0.05, 0) is 39.3 Å². The third-order valence-corrected chi connectivity index (χ3v) is 3.49. The molecular weight excluding hydrogens is 306 g/mol. The van der Waals surface area contributed by atoms with Gasteiger partial charge in [-0.25, -0.2) is 0 Å². The maximum Gasteiger partial charge on any atom is 0.251 e. The van der Waals surface area contributed by atoms with Gasteiger partial charge >= 0.3 is 0 Å². The molecule has 1 N–H and O–H groups in total. The zero-order valence-corrected chi connectivity index (χ0v) is 15.4. The lowest BCUT2D eigenvalue weighted by molar-refractivity contribution is 0.0952. The molecule has 1 aromatic rings. The molecular formula is C19H31NO4. The highest BCUT2D eigenvalue weighted by molar-refractivity contribution is 5.95.